The highest BCUT2D eigenvalue weighted by Gasteiger charge is 2.28. The Morgan fingerprint density at radius 3 is 3.08 bits per heavy atom. The molecule has 1 aliphatic rings. The van der Waals surface area contributed by atoms with Gasteiger partial charge in [-0.15, -0.1) is 11.3 Å². The summed E-state index contributed by atoms with van der Waals surface area (Å²) in [6.07, 6.45) is 5.45. The number of nitrogens with zero attached hydrogens (tertiary/aromatic N) is 1. The molecular weight excluding hydrogens is 180 g/mol. The first kappa shape index (κ1) is 9.16. The van der Waals surface area contributed by atoms with Crippen molar-refractivity contribution < 1.29 is 0 Å². The second kappa shape index (κ2) is 3.76. The Hall–Kier alpha value is -0.410. The van der Waals surface area contributed by atoms with Gasteiger partial charge in [-0.2, -0.15) is 0 Å². The maximum atomic E-state index is 5.97. The summed E-state index contributed by atoms with van der Waals surface area (Å²) in [5.74, 6) is 1.37. The third-order valence-electron chi connectivity index (χ3n) is 3.00. The lowest BCUT2D eigenvalue weighted by atomic mass is 9.78. The van der Waals surface area contributed by atoms with Crippen molar-refractivity contribution in [2.24, 2.45) is 11.7 Å². The SMILES string of the molecule is CC1CCC(N)CC1c1nccs1. The van der Waals surface area contributed by atoms with Gasteiger partial charge in [-0.05, 0) is 25.2 Å². The zero-order chi connectivity index (χ0) is 9.26. The van der Waals surface area contributed by atoms with Gasteiger partial charge in [0.2, 0.25) is 0 Å². The number of aromatic nitrogens is 1. The van der Waals surface area contributed by atoms with Gasteiger partial charge in [0.15, 0.2) is 0 Å². The highest BCUT2D eigenvalue weighted by atomic mass is 32.1. The summed E-state index contributed by atoms with van der Waals surface area (Å²) in [5.41, 5.74) is 5.97. The predicted octanol–water partition coefficient (Wildman–Crippen LogP) is 2.37. The van der Waals surface area contributed by atoms with Crippen LogP contribution in [0.15, 0.2) is 11.6 Å². The highest BCUT2D eigenvalue weighted by Crippen LogP contribution is 2.37. The van der Waals surface area contributed by atoms with Crippen LogP contribution in [-0.2, 0) is 0 Å². The Labute approximate surface area is 83.2 Å². The molecule has 0 aliphatic heterocycles. The molecular formula is C10H16N2S. The topological polar surface area (TPSA) is 38.9 Å². The van der Waals surface area contributed by atoms with Crippen molar-refractivity contribution in [3.8, 4) is 0 Å². The summed E-state index contributed by atoms with van der Waals surface area (Å²) in [4.78, 5) is 4.39. The van der Waals surface area contributed by atoms with Crippen LogP contribution in [0, 0.1) is 5.92 Å². The molecule has 2 nitrogen and oxygen atoms in total. The van der Waals surface area contributed by atoms with Crippen LogP contribution in [0.3, 0.4) is 0 Å². The van der Waals surface area contributed by atoms with Crippen LogP contribution >= 0.6 is 11.3 Å². The molecule has 1 heterocycles. The van der Waals surface area contributed by atoms with Gasteiger partial charge in [0.05, 0.1) is 5.01 Å². The average Bonchev–Trinajstić information content (AvgIpc) is 2.61. The Kier molecular flexibility index (Phi) is 2.65. The third-order valence-corrected chi connectivity index (χ3v) is 3.91. The normalized spacial score (nSPS) is 34.8. The van der Waals surface area contributed by atoms with Crippen LogP contribution < -0.4 is 5.73 Å². The van der Waals surface area contributed by atoms with Crippen LogP contribution in [0.4, 0.5) is 0 Å². The van der Waals surface area contributed by atoms with Gasteiger partial charge < -0.3 is 5.73 Å². The Morgan fingerprint density at radius 2 is 2.38 bits per heavy atom. The van der Waals surface area contributed by atoms with Crippen LogP contribution in [0.2, 0.25) is 0 Å². The lowest BCUT2D eigenvalue weighted by Crippen LogP contribution is -2.31. The summed E-state index contributed by atoms with van der Waals surface area (Å²) >= 11 is 1.77. The van der Waals surface area contributed by atoms with Crippen molar-refractivity contribution in [1.29, 1.82) is 0 Å². The van der Waals surface area contributed by atoms with E-state index in [4.69, 9.17) is 5.73 Å². The molecule has 0 saturated heterocycles. The molecule has 3 unspecified atom stereocenters. The molecule has 3 atom stereocenters. The van der Waals surface area contributed by atoms with Crippen molar-refractivity contribution >= 4 is 11.3 Å². The largest absolute Gasteiger partial charge is 0.328 e. The standard InChI is InChI=1S/C10H16N2S/c1-7-2-3-8(11)6-9(7)10-12-4-5-13-10/h4-5,7-9H,2-3,6,11H2,1H3. The van der Waals surface area contributed by atoms with Gasteiger partial charge >= 0.3 is 0 Å². The van der Waals surface area contributed by atoms with E-state index in [0.29, 0.717) is 12.0 Å². The number of nitrogens with two attached hydrogens (primary N) is 1. The fourth-order valence-corrected chi connectivity index (χ4v) is 3.00. The van der Waals surface area contributed by atoms with E-state index in [1.807, 2.05) is 6.20 Å². The van der Waals surface area contributed by atoms with Gasteiger partial charge in [-0.3, -0.25) is 0 Å². The molecule has 0 aromatic carbocycles. The molecule has 1 aromatic heterocycles. The van der Waals surface area contributed by atoms with Crippen molar-refractivity contribution in [3.05, 3.63) is 16.6 Å². The second-order valence-corrected chi connectivity index (χ2v) is 4.95. The van der Waals surface area contributed by atoms with Crippen LogP contribution in [0.5, 0.6) is 0 Å². The molecule has 1 aliphatic carbocycles. The Balaban J connectivity index is 2.12. The van der Waals surface area contributed by atoms with E-state index in [-0.39, 0.29) is 0 Å². The first-order chi connectivity index (χ1) is 6.27. The van der Waals surface area contributed by atoms with E-state index in [2.05, 4.69) is 17.3 Å². The maximum Gasteiger partial charge on any atom is 0.0959 e. The van der Waals surface area contributed by atoms with Gasteiger partial charge in [0.1, 0.15) is 0 Å². The highest BCUT2D eigenvalue weighted by molar-refractivity contribution is 7.09. The quantitative estimate of drug-likeness (QED) is 0.749. The van der Waals surface area contributed by atoms with Crippen molar-refractivity contribution in [2.75, 3.05) is 0 Å². The molecule has 0 bridgehead atoms. The molecule has 13 heavy (non-hydrogen) atoms. The van der Waals surface area contributed by atoms with Gasteiger partial charge in [0.25, 0.3) is 0 Å². The van der Waals surface area contributed by atoms with Gasteiger partial charge in [-0.1, -0.05) is 6.92 Å². The number of hydrogen-bond acceptors (Lipinski definition) is 3. The number of rotatable bonds is 1. The van der Waals surface area contributed by atoms with Crippen molar-refractivity contribution in [3.63, 3.8) is 0 Å². The fourth-order valence-electron chi connectivity index (χ4n) is 2.12. The minimum Gasteiger partial charge on any atom is -0.328 e. The molecule has 0 amide bonds. The summed E-state index contributed by atoms with van der Waals surface area (Å²) in [5, 5.41) is 3.34. The molecule has 1 aromatic rings. The zero-order valence-corrected chi connectivity index (χ0v) is 8.76. The molecule has 0 radical (unpaired) electrons. The molecule has 2 N–H and O–H groups in total. The Morgan fingerprint density at radius 1 is 1.54 bits per heavy atom. The van der Waals surface area contributed by atoms with Gasteiger partial charge in [-0.25, -0.2) is 4.98 Å². The predicted molar refractivity (Wildman–Crippen MR) is 55.8 cm³/mol. The van der Waals surface area contributed by atoms with E-state index in [1.54, 1.807) is 11.3 Å². The smallest absolute Gasteiger partial charge is 0.0959 e. The first-order valence-electron chi connectivity index (χ1n) is 4.92. The summed E-state index contributed by atoms with van der Waals surface area (Å²) in [6.45, 7) is 2.32. The molecule has 1 saturated carbocycles. The average molecular weight is 196 g/mol. The lowest BCUT2D eigenvalue weighted by molar-refractivity contribution is 0.299. The summed E-state index contributed by atoms with van der Waals surface area (Å²) in [7, 11) is 0. The van der Waals surface area contributed by atoms with E-state index in [1.165, 1.54) is 17.8 Å². The van der Waals surface area contributed by atoms with E-state index >= 15 is 0 Å². The molecule has 0 spiro atoms. The van der Waals surface area contributed by atoms with E-state index in [0.717, 1.165) is 12.3 Å². The van der Waals surface area contributed by atoms with Crippen molar-refractivity contribution in [2.45, 2.75) is 38.1 Å². The van der Waals surface area contributed by atoms with Crippen LogP contribution in [0.1, 0.15) is 37.1 Å². The van der Waals surface area contributed by atoms with Crippen LogP contribution in [-0.4, -0.2) is 11.0 Å². The lowest BCUT2D eigenvalue weighted by Gasteiger charge is -2.31. The minimum absolute atomic E-state index is 0.394. The second-order valence-electron chi connectivity index (χ2n) is 4.03. The zero-order valence-electron chi connectivity index (χ0n) is 7.94. The monoisotopic (exact) mass is 196 g/mol. The van der Waals surface area contributed by atoms with Crippen LogP contribution in [0.25, 0.3) is 0 Å². The van der Waals surface area contributed by atoms with E-state index in [9.17, 15) is 0 Å². The summed E-state index contributed by atoms with van der Waals surface area (Å²) < 4.78 is 0. The van der Waals surface area contributed by atoms with Gasteiger partial charge in [0, 0.05) is 23.5 Å². The van der Waals surface area contributed by atoms with Crippen molar-refractivity contribution in [1.82, 2.24) is 4.98 Å². The third kappa shape index (κ3) is 1.92. The molecule has 3 heteroatoms. The summed E-state index contributed by atoms with van der Waals surface area (Å²) in [6, 6.07) is 0.394. The molecule has 72 valence electrons. The van der Waals surface area contributed by atoms with E-state index < -0.39 is 0 Å². The first-order valence-corrected chi connectivity index (χ1v) is 5.80. The number of hydrogen-bond donors (Lipinski definition) is 1. The fraction of sp³-hybridized carbons (Fsp3) is 0.700. The Bertz CT molecular complexity index is 258. The maximum absolute atomic E-state index is 5.97. The molecule has 1 fully saturated rings. The molecule has 2 rings (SSSR count). The minimum atomic E-state index is 0.394. The number of thiazole rings is 1.